The molecule has 1 N–H and O–H groups in total. The van der Waals surface area contributed by atoms with Gasteiger partial charge in [-0.2, -0.15) is 0 Å². The summed E-state index contributed by atoms with van der Waals surface area (Å²) in [5, 5.41) is 11.6. The molecule has 1 heterocycles. The Morgan fingerprint density at radius 2 is 1.37 bits per heavy atom. The number of likely N-dealkylation sites (tertiary alicyclic amines) is 1. The molecule has 1 amide bonds. The number of esters is 2. The Balaban J connectivity index is 3.49. The maximum Gasteiger partial charge on any atom is 0.411 e. The molecule has 1 unspecified atom stereocenters. The molecule has 1 aliphatic rings. The summed E-state index contributed by atoms with van der Waals surface area (Å²) >= 11 is 0. The molecule has 1 rings (SSSR count). The van der Waals surface area contributed by atoms with Crippen LogP contribution >= 0.6 is 0 Å². The van der Waals surface area contributed by atoms with Gasteiger partial charge in [-0.05, 0) is 64.6 Å². The van der Waals surface area contributed by atoms with E-state index in [1.165, 1.54) is 11.8 Å². The molecule has 0 aromatic heterocycles. The largest absolute Gasteiger partial charge is 0.465 e. The van der Waals surface area contributed by atoms with Crippen molar-refractivity contribution in [1.29, 1.82) is 0 Å². The maximum absolute atomic E-state index is 13.5. The first kappa shape index (κ1) is 34.4. The van der Waals surface area contributed by atoms with Crippen LogP contribution in [0.2, 0.25) is 16.6 Å². The van der Waals surface area contributed by atoms with Crippen LogP contribution in [0.1, 0.15) is 96.4 Å². The highest BCUT2D eigenvalue weighted by atomic mass is 28.4. The Labute approximate surface area is 231 Å². The van der Waals surface area contributed by atoms with Gasteiger partial charge in [-0.15, -0.1) is 0 Å². The highest BCUT2D eigenvalue weighted by Gasteiger charge is 2.53. The molecule has 222 valence electrons. The highest BCUT2D eigenvalue weighted by Crippen LogP contribution is 2.43. The Hall–Kier alpha value is -1.65. The van der Waals surface area contributed by atoms with Crippen molar-refractivity contribution in [2.45, 2.75) is 142 Å². The first-order valence-electron chi connectivity index (χ1n) is 13.8. The number of carbonyl (C=O) groups excluding carboxylic acids is 3. The van der Waals surface area contributed by atoms with Gasteiger partial charge in [-0.3, -0.25) is 9.69 Å². The normalized spacial score (nSPS) is 21.7. The van der Waals surface area contributed by atoms with Gasteiger partial charge in [0.05, 0.1) is 25.4 Å². The number of aliphatic hydroxyl groups is 1. The fourth-order valence-electron chi connectivity index (χ4n) is 5.84. The summed E-state index contributed by atoms with van der Waals surface area (Å²) in [5.41, 5.74) is -0.714. The van der Waals surface area contributed by atoms with Crippen molar-refractivity contribution >= 4 is 26.3 Å². The Bertz CT molecular complexity index is 793. The third-order valence-corrected chi connectivity index (χ3v) is 13.1. The standard InChI is InChI=1S/C28H53NO8Si/c1-17(2)38(18(3)4,19(5)6)35-16-23(31)24-21(15-34-20(7)30)14-22(25(32)36-27(8,9)10)29(24)26(33)37-28(11,12)13/h17-19,21-24,31H,14-16H2,1-13H3/t21-,22+,23?,24+/m0/s1. The second-order valence-corrected chi connectivity index (χ2v) is 18.9. The minimum absolute atomic E-state index is 0.0116. The third-order valence-electron chi connectivity index (χ3n) is 7.06. The Kier molecular flexibility index (Phi) is 11.9. The summed E-state index contributed by atoms with van der Waals surface area (Å²) < 4.78 is 23.3. The van der Waals surface area contributed by atoms with Gasteiger partial charge >= 0.3 is 18.0 Å². The number of hydrogen-bond acceptors (Lipinski definition) is 8. The lowest BCUT2D eigenvalue weighted by Crippen LogP contribution is -2.56. The molecule has 0 spiro atoms. The van der Waals surface area contributed by atoms with E-state index >= 15 is 0 Å². The molecule has 1 saturated heterocycles. The average molecular weight is 560 g/mol. The van der Waals surface area contributed by atoms with Crippen LogP contribution < -0.4 is 0 Å². The van der Waals surface area contributed by atoms with E-state index in [2.05, 4.69) is 41.5 Å². The number of nitrogens with zero attached hydrogens (tertiary/aromatic N) is 1. The van der Waals surface area contributed by atoms with Gasteiger partial charge in [0.25, 0.3) is 0 Å². The lowest BCUT2D eigenvalue weighted by atomic mass is 9.96. The van der Waals surface area contributed by atoms with E-state index < -0.39 is 61.7 Å². The number of hydrogen-bond donors (Lipinski definition) is 1. The van der Waals surface area contributed by atoms with Crippen molar-refractivity contribution in [2.75, 3.05) is 13.2 Å². The van der Waals surface area contributed by atoms with Crippen molar-refractivity contribution in [2.24, 2.45) is 5.92 Å². The van der Waals surface area contributed by atoms with E-state index in [0.717, 1.165) is 0 Å². The molecular weight excluding hydrogens is 506 g/mol. The summed E-state index contributed by atoms with van der Waals surface area (Å²) in [5.74, 6) is -1.59. The van der Waals surface area contributed by atoms with Crippen molar-refractivity contribution in [3.63, 3.8) is 0 Å². The molecule has 0 radical (unpaired) electrons. The van der Waals surface area contributed by atoms with Crippen LogP contribution in [0, 0.1) is 5.92 Å². The Morgan fingerprint density at radius 1 is 0.895 bits per heavy atom. The number of ether oxygens (including phenoxy) is 3. The molecule has 0 saturated carbocycles. The van der Waals surface area contributed by atoms with Gasteiger partial charge < -0.3 is 23.7 Å². The van der Waals surface area contributed by atoms with Crippen LogP contribution in [0.3, 0.4) is 0 Å². The molecule has 4 atom stereocenters. The molecule has 38 heavy (non-hydrogen) atoms. The second-order valence-electron chi connectivity index (χ2n) is 13.4. The molecule has 0 aromatic carbocycles. The lowest BCUT2D eigenvalue weighted by molar-refractivity contribution is -0.161. The fourth-order valence-corrected chi connectivity index (χ4v) is 11.3. The summed E-state index contributed by atoms with van der Waals surface area (Å²) in [6.45, 7) is 24.6. The first-order chi connectivity index (χ1) is 17.1. The summed E-state index contributed by atoms with van der Waals surface area (Å²) in [7, 11) is -2.33. The van der Waals surface area contributed by atoms with Crippen LogP contribution in [0.15, 0.2) is 0 Å². The summed E-state index contributed by atoms with van der Waals surface area (Å²) in [4.78, 5) is 39.8. The minimum atomic E-state index is -2.33. The second kappa shape index (κ2) is 13.1. The van der Waals surface area contributed by atoms with Gasteiger partial charge in [-0.25, -0.2) is 9.59 Å². The summed E-state index contributed by atoms with van der Waals surface area (Å²) in [6.07, 6.45) is -1.72. The van der Waals surface area contributed by atoms with E-state index in [-0.39, 0.29) is 19.6 Å². The molecule has 9 nitrogen and oxygen atoms in total. The zero-order valence-electron chi connectivity index (χ0n) is 25.9. The zero-order chi connectivity index (χ0) is 29.8. The number of carbonyl (C=O) groups is 3. The lowest BCUT2D eigenvalue weighted by Gasteiger charge is -2.43. The van der Waals surface area contributed by atoms with Crippen molar-refractivity contribution < 1.29 is 38.1 Å². The SMILES string of the molecule is CC(=O)OC[C@@H]1C[C@H](C(=O)OC(C)(C)C)N(C(=O)OC(C)(C)C)[C@H]1C(O)CO[Si](C(C)C)(C(C)C)C(C)C. The van der Waals surface area contributed by atoms with Crippen LogP contribution in [0.5, 0.6) is 0 Å². The zero-order valence-corrected chi connectivity index (χ0v) is 26.9. The molecule has 1 aliphatic heterocycles. The van der Waals surface area contributed by atoms with Crippen LogP contribution in [0.25, 0.3) is 0 Å². The van der Waals surface area contributed by atoms with E-state index in [1.807, 2.05) is 0 Å². The van der Waals surface area contributed by atoms with Gasteiger partial charge in [0.1, 0.15) is 17.2 Å². The first-order valence-corrected chi connectivity index (χ1v) is 16.0. The predicted octanol–water partition coefficient (Wildman–Crippen LogP) is 5.44. The minimum Gasteiger partial charge on any atom is -0.465 e. The number of aliphatic hydroxyl groups excluding tert-OH is 1. The van der Waals surface area contributed by atoms with Gasteiger partial charge in [-0.1, -0.05) is 41.5 Å². The van der Waals surface area contributed by atoms with Crippen molar-refractivity contribution in [1.82, 2.24) is 4.90 Å². The average Bonchev–Trinajstić information content (AvgIpc) is 3.09. The molecular formula is C28H53NO8Si. The topological polar surface area (TPSA) is 112 Å². The number of amides is 1. The van der Waals surface area contributed by atoms with Crippen molar-refractivity contribution in [3.05, 3.63) is 0 Å². The molecule has 0 aliphatic carbocycles. The molecule has 0 aromatic rings. The van der Waals surface area contributed by atoms with E-state index in [4.69, 9.17) is 18.6 Å². The van der Waals surface area contributed by atoms with E-state index in [9.17, 15) is 19.5 Å². The highest BCUT2D eigenvalue weighted by molar-refractivity contribution is 6.77. The van der Waals surface area contributed by atoms with Gasteiger partial charge in [0, 0.05) is 12.8 Å². The van der Waals surface area contributed by atoms with E-state index in [0.29, 0.717) is 16.6 Å². The van der Waals surface area contributed by atoms with Crippen LogP contribution in [-0.4, -0.2) is 79.0 Å². The monoisotopic (exact) mass is 559 g/mol. The predicted molar refractivity (Wildman–Crippen MR) is 149 cm³/mol. The molecule has 0 bridgehead atoms. The maximum atomic E-state index is 13.5. The fraction of sp³-hybridized carbons (Fsp3) is 0.893. The van der Waals surface area contributed by atoms with E-state index in [1.54, 1.807) is 41.5 Å². The van der Waals surface area contributed by atoms with Gasteiger partial charge in [0.2, 0.25) is 0 Å². The van der Waals surface area contributed by atoms with Crippen molar-refractivity contribution in [3.8, 4) is 0 Å². The van der Waals surface area contributed by atoms with Gasteiger partial charge in [0.15, 0.2) is 8.32 Å². The smallest absolute Gasteiger partial charge is 0.411 e. The third kappa shape index (κ3) is 8.94. The molecule has 10 heteroatoms. The Morgan fingerprint density at radius 3 is 1.76 bits per heavy atom. The molecule has 1 fully saturated rings. The van der Waals surface area contributed by atoms with Crippen LogP contribution in [-0.2, 0) is 28.2 Å². The summed E-state index contributed by atoms with van der Waals surface area (Å²) in [6, 6.07) is -1.88. The number of rotatable bonds is 10. The van der Waals surface area contributed by atoms with Crippen LogP contribution in [0.4, 0.5) is 4.79 Å². The quantitative estimate of drug-likeness (QED) is 0.214.